The van der Waals surface area contributed by atoms with E-state index in [9.17, 15) is 8.78 Å². The van der Waals surface area contributed by atoms with Crippen LogP contribution in [0.2, 0.25) is 5.02 Å². The summed E-state index contributed by atoms with van der Waals surface area (Å²) < 4.78 is 29.6. The lowest BCUT2D eigenvalue weighted by Gasteiger charge is -2.18. The van der Waals surface area contributed by atoms with Crippen LogP contribution in [0.5, 0.6) is 5.75 Å². The molecule has 0 saturated heterocycles. The maximum atomic E-state index is 12.6. The van der Waals surface area contributed by atoms with Gasteiger partial charge in [0.1, 0.15) is 11.5 Å². The molecule has 0 aromatic heterocycles. The Balaban J connectivity index is 2.55. The summed E-state index contributed by atoms with van der Waals surface area (Å²) in [5.74, 6) is -0.117. The molecule has 1 aromatic carbocycles. The Labute approximate surface area is 129 Å². The third-order valence-electron chi connectivity index (χ3n) is 2.55. The molecule has 9 heteroatoms. The summed E-state index contributed by atoms with van der Waals surface area (Å²) in [5, 5.41) is 18.1. The Bertz CT molecular complexity index is 700. The minimum atomic E-state index is -3.01. The van der Waals surface area contributed by atoms with Crippen molar-refractivity contribution < 1.29 is 13.5 Å². The second-order valence-corrected chi connectivity index (χ2v) is 4.76. The number of benzene rings is 1. The van der Waals surface area contributed by atoms with Crippen LogP contribution in [0.3, 0.4) is 0 Å². The third kappa shape index (κ3) is 3.79. The number of guanidine groups is 1. The number of ether oxygens (including phenoxy) is 1. The molecule has 0 atom stereocenters. The van der Waals surface area contributed by atoms with Gasteiger partial charge in [-0.3, -0.25) is 0 Å². The molecule has 1 heterocycles. The first-order valence-corrected chi connectivity index (χ1v) is 6.44. The Morgan fingerprint density at radius 2 is 2.18 bits per heavy atom. The van der Waals surface area contributed by atoms with Crippen molar-refractivity contribution in [2.75, 3.05) is 0 Å². The fourth-order valence-corrected chi connectivity index (χ4v) is 1.95. The summed E-state index contributed by atoms with van der Waals surface area (Å²) in [5.41, 5.74) is 6.57. The highest BCUT2D eigenvalue weighted by atomic mass is 35.5. The fourth-order valence-electron chi connectivity index (χ4n) is 1.79. The maximum absolute atomic E-state index is 12.6. The molecule has 0 bridgehead atoms. The molecule has 1 aliphatic heterocycles. The molecule has 0 unspecified atom stereocenters. The second-order valence-electron chi connectivity index (χ2n) is 4.32. The van der Waals surface area contributed by atoms with E-state index < -0.39 is 6.61 Å². The third-order valence-corrected chi connectivity index (χ3v) is 2.79. The molecule has 0 radical (unpaired) electrons. The minimum Gasteiger partial charge on any atom is -0.434 e. The first kappa shape index (κ1) is 15.9. The van der Waals surface area contributed by atoms with Crippen molar-refractivity contribution in [2.24, 2.45) is 15.9 Å². The van der Waals surface area contributed by atoms with E-state index >= 15 is 0 Å². The van der Waals surface area contributed by atoms with Crippen molar-refractivity contribution in [3.63, 3.8) is 0 Å². The monoisotopic (exact) mass is 327 g/mol. The van der Waals surface area contributed by atoms with Crippen LogP contribution in [0, 0.1) is 5.41 Å². The molecular weight excluding hydrogens is 316 g/mol. The van der Waals surface area contributed by atoms with E-state index in [0.29, 0.717) is 5.70 Å². The van der Waals surface area contributed by atoms with E-state index in [1.54, 1.807) is 6.92 Å². The topological polar surface area (TPSA) is 95.9 Å². The summed E-state index contributed by atoms with van der Waals surface area (Å²) >= 11 is 5.81. The molecule has 116 valence electrons. The summed E-state index contributed by atoms with van der Waals surface area (Å²) in [6, 6.07) is 4.24. The lowest BCUT2D eigenvalue weighted by atomic mass is 10.0. The Kier molecular flexibility index (Phi) is 4.71. The van der Waals surface area contributed by atoms with E-state index in [0.717, 1.165) is 0 Å². The van der Waals surface area contributed by atoms with E-state index in [4.69, 9.17) is 22.7 Å². The fraction of sp³-hybridized carbons (Fsp3) is 0.154. The molecule has 0 spiro atoms. The summed E-state index contributed by atoms with van der Waals surface area (Å²) in [7, 11) is 0. The largest absolute Gasteiger partial charge is 0.434 e. The van der Waals surface area contributed by atoms with Crippen LogP contribution in [0.1, 0.15) is 12.5 Å². The molecule has 0 amide bonds. The van der Waals surface area contributed by atoms with Crippen molar-refractivity contribution in [2.45, 2.75) is 13.5 Å². The first-order chi connectivity index (χ1) is 10.4. The van der Waals surface area contributed by atoms with Crippen LogP contribution in [-0.2, 0) is 0 Å². The molecule has 1 aromatic rings. The average molecular weight is 328 g/mol. The molecule has 22 heavy (non-hydrogen) atoms. The maximum Gasteiger partial charge on any atom is 0.387 e. The van der Waals surface area contributed by atoms with Gasteiger partial charge in [0.25, 0.3) is 0 Å². The number of nitrogens with zero attached hydrogens (tertiary/aromatic N) is 2. The van der Waals surface area contributed by atoms with E-state index in [-0.39, 0.29) is 33.7 Å². The molecule has 6 nitrogen and oxygen atoms in total. The van der Waals surface area contributed by atoms with Crippen LogP contribution in [-0.4, -0.2) is 24.0 Å². The predicted octanol–water partition coefficient (Wildman–Crippen LogP) is 2.49. The number of rotatable bonds is 4. The van der Waals surface area contributed by atoms with Gasteiger partial charge in [-0.25, -0.2) is 0 Å². The zero-order valence-electron chi connectivity index (χ0n) is 11.4. The highest BCUT2D eigenvalue weighted by Gasteiger charge is 2.21. The molecule has 2 rings (SSSR count). The van der Waals surface area contributed by atoms with Gasteiger partial charge >= 0.3 is 6.61 Å². The minimum absolute atomic E-state index is 0.0292. The number of hydrogen-bond donors (Lipinski definition) is 3. The number of allylic oxidation sites excluding steroid dienone is 2. The van der Waals surface area contributed by atoms with Crippen LogP contribution >= 0.6 is 11.6 Å². The Hall–Kier alpha value is -2.48. The number of hydrogen-bond acceptors (Lipinski definition) is 6. The SMILES string of the molecule is CC(=N)/C=C1\NC(N)=NN=C1c1ccc(Cl)cc1OC(F)F. The number of halogens is 3. The van der Waals surface area contributed by atoms with Crippen molar-refractivity contribution in [1.82, 2.24) is 5.32 Å². The van der Waals surface area contributed by atoms with Crippen molar-refractivity contribution >= 4 is 29.0 Å². The average Bonchev–Trinajstić information content (AvgIpc) is 2.38. The predicted molar refractivity (Wildman–Crippen MR) is 80.9 cm³/mol. The van der Waals surface area contributed by atoms with Crippen LogP contribution in [0.15, 0.2) is 40.2 Å². The summed E-state index contributed by atoms with van der Waals surface area (Å²) in [4.78, 5) is 0. The van der Waals surface area contributed by atoms with Crippen LogP contribution < -0.4 is 15.8 Å². The normalized spacial score (nSPS) is 16.1. The molecule has 1 aliphatic rings. The van der Waals surface area contributed by atoms with Gasteiger partial charge < -0.3 is 21.2 Å². The molecule has 4 N–H and O–H groups in total. The van der Waals surface area contributed by atoms with E-state index in [1.807, 2.05) is 0 Å². The zero-order valence-corrected chi connectivity index (χ0v) is 12.2. The summed E-state index contributed by atoms with van der Waals surface area (Å²) in [6.07, 6.45) is 1.45. The number of nitrogens with two attached hydrogens (primary N) is 1. The van der Waals surface area contributed by atoms with Gasteiger partial charge in [-0.05, 0) is 31.2 Å². The van der Waals surface area contributed by atoms with Crippen molar-refractivity contribution in [3.8, 4) is 5.75 Å². The lowest BCUT2D eigenvalue weighted by molar-refractivity contribution is -0.0499. The van der Waals surface area contributed by atoms with Gasteiger partial charge in [0, 0.05) is 16.3 Å². The van der Waals surface area contributed by atoms with Crippen LogP contribution in [0.4, 0.5) is 8.78 Å². The van der Waals surface area contributed by atoms with Gasteiger partial charge in [0.05, 0.1) is 5.70 Å². The van der Waals surface area contributed by atoms with Crippen molar-refractivity contribution in [1.29, 1.82) is 5.41 Å². The standard InChI is InChI=1S/C13H12ClF2N5O/c1-6(17)4-9-11(20-21-13(18)19-9)8-3-2-7(14)5-10(8)22-12(15)16/h2-5,12,17H,1H3,(H3,18,19,21)/b9-4-,17-6?. The van der Waals surface area contributed by atoms with Gasteiger partial charge in [0.2, 0.25) is 5.96 Å². The Morgan fingerprint density at radius 3 is 2.82 bits per heavy atom. The molecule has 0 saturated carbocycles. The van der Waals surface area contributed by atoms with E-state index in [2.05, 4.69) is 20.3 Å². The zero-order chi connectivity index (χ0) is 16.3. The molecule has 0 fully saturated rings. The quantitative estimate of drug-likeness (QED) is 0.741. The molecule has 0 aliphatic carbocycles. The van der Waals surface area contributed by atoms with Crippen LogP contribution in [0.25, 0.3) is 0 Å². The van der Waals surface area contributed by atoms with Gasteiger partial charge in [-0.1, -0.05) is 11.6 Å². The Morgan fingerprint density at radius 1 is 1.45 bits per heavy atom. The first-order valence-electron chi connectivity index (χ1n) is 6.07. The highest BCUT2D eigenvalue weighted by molar-refractivity contribution is 6.31. The lowest BCUT2D eigenvalue weighted by Crippen LogP contribution is -2.37. The smallest absolute Gasteiger partial charge is 0.387 e. The molecular formula is C13H12ClF2N5O. The summed E-state index contributed by atoms with van der Waals surface area (Å²) in [6.45, 7) is -1.47. The second kappa shape index (κ2) is 6.52. The highest BCUT2D eigenvalue weighted by Crippen LogP contribution is 2.28. The number of alkyl halides is 2. The van der Waals surface area contributed by atoms with Gasteiger partial charge in [-0.15, -0.1) is 10.2 Å². The van der Waals surface area contributed by atoms with Gasteiger partial charge in [0.15, 0.2) is 0 Å². The number of nitrogens with one attached hydrogen (secondary N) is 2. The van der Waals surface area contributed by atoms with E-state index in [1.165, 1.54) is 24.3 Å². The van der Waals surface area contributed by atoms with Gasteiger partial charge in [-0.2, -0.15) is 8.78 Å². The van der Waals surface area contributed by atoms with Crippen molar-refractivity contribution in [3.05, 3.63) is 40.6 Å².